The van der Waals surface area contributed by atoms with E-state index < -0.39 is 68.0 Å². The van der Waals surface area contributed by atoms with Crippen molar-refractivity contribution in [3.05, 3.63) is 0 Å². The molecule has 0 bridgehead atoms. The van der Waals surface area contributed by atoms with Crippen LogP contribution in [0.15, 0.2) is 0 Å². The lowest BCUT2D eigenvalue weighted by Crippen LogP contribution is -2.64. The summed E-state index contributed by atoms with van der Waals surface area (Å²) in [5.74, 6) is 0. The van der Waals surface area contributed by atoms with Gasteiger partial charge in [-0.25, -0.2) is 0 Å². The Morgan fingerprint density at radius 1 is 0.826 bits per heavy atom. The van der Waals surface area contributed by atoms with Crippen LogP contribution in [0.5, 0.6) is 0 Å². The fourth-order valence-electron chi connectivity index (χ4n) is 2.67. The fourth-order valence-corrected chi connectivity index (χ4v) is 2.67. The zero-order valence-corrected chi connectivity index (χ0v) is 12.8. The Balaban J connectivity index is 2.10. The molecule has 0 spiro atoms. The molecule has 2 saturated heterocycles. The average molecular weight is 340 g/mol. The van der Waals surface area contributed by atoms with Crippen molar-refractivity contribution >= 4 is 0 Å². The lowest BCUT2D eigenvalue weighted by Gasteiger charge is -2.45. The van der Waals surface area contributed by atoms with Crippen LogP contribution in [0.1, 0.15) is 6.92 Å². The molecule has 0 unspecified atom stereocenters. The molecule has 10 atom stereocenters. The SMILES string of the molecule is CO[C@@H]1O[C@H](CO)[C@H](O)[C@H](O)[C@H]1O[C@@H]1O[C@@H](C)[C@@H](O)[C@@H](O)[C@@H]1O. The molecule has 23 heavy (non-hydrogen) atoms. The van der Waals surface area contributed by atoms with Gasteiger partial charge in [-0.3, -0.25) is 0 Å². The molecule has 0 radical (unpaired) electrons. The van der Waals surface area contributed by atoms with Crippen LogP contribution in [-0.4, -0.2) is 106 Å². The zero-order chi connectivity index (χ0) is 17.3. The van der Waals surface area contributed by atoms with Gasteiger partial charge in [0.15, 0.2) is 12.6 Å². The van der Waals surface area contributed by atoms with Crippen LogP contribution in [-0.2, 0) is 18.9 Å². The van der Waals surface area contributed by atoms with E-state index in [1.54, 1.807) is 0 Å². The predicted octanol–water partition coefficient (Wildman–Crippen LogP) is -3.72. The Kier molecular flexibility index (Phi) is 6.30. The van der Waals surface area contributed by atoms with Gasteiger partial charge in [-0.05, 0) is 6.92 Å². The summed E-state index contributed by atoms with van der Waals surface area (Å²) < 4.78 is 21.0. The molecule has 10 heteroatoms. The molecule has 0 aromatic heterocycles. The summed E-state index contributed by atoms with van der Waals surface area (Å²) in [6.07, 6.45) is -12.9. The normalized spacial score (nSPS) is 51.7. The minimum atomic E-state index is -1.57. The first-order chi connectivity index (χ1) is 10.8. The monoisotopic (exact) mass is 340 g/mol. The fraction of sp³-hybridized carbons (Fsp3) is 1.00. The van der Waals surface area contributed by atoms with Crippen molar-refractivity contribution in [2.45, 2.75) is 68.3 Å². The number of rotatable bonds is 4. The van der Waals surface area contributed by atoms with Crippen LogP contribution >= 0.6 is 0 Å². The molecule has 2 heterocycles. The molecule has 0 saturated carbocycles. The number of methoxy groups -OCH3 is 1. The Morgan fingerprint density at radius 2 is 1.48 bits per heavy atom. The van der Waals surface area contributed by atoms with Gasteiger partial charge in [-0.2, -0.15) is 0 Å². The van der Waals surface area contributed by atoms with Gasteiger partial charge in [0, 0.05) is 7.11 Å². The largest absolute Gasteiger partial charge is 0.394 e. The molecule has 6 N–H and O–H groups in total. The van der Waals surface area contributed by atoms with E-state index in [2.05, 4.69) is 0 Å². The van der Waals surface area contributed by atoms with Crippen molar-refractivity contribution in [3.8, 4) is 0 Å². The quantitative estimate of drug-likeness (QED) is 0.300. The van der Waals surface area contributed by atoms with Gasteiger partial charge in [0.25, 0.3) is 0 Å². The third-order valence-electron chi connectivity index (χ3n) is 4.16. The van der Waals surface area contributed by atoms with E-state index in [0.29, 0.717) is 0 Å². The summed E-state index contributed by atoms with van der Waals surface area (Å²) in [5.41, 5.74) is 0. The minimum Gasteiger partial charge on any atom is -0.394 e. The van der Waals surface area contributed by atoms with Crippen molar-refractivity contribution in [1.29, 1.82) is 0 Å². The summed E-state index contributed by atoms with van der Waals surface area (Å²) in [5, 5.41) is 58.5. The van der Waals surface area contributed by atoms with Crippen molar-refractivity contribution < 1.29 is 49.6 Å². The van der Waals surface area contributed by atoms with Crippen molar-refractivity contribution in [2.75, 3.05) is 13.7 Å². The first-order valence-corrected chi connectivity index (χ1v) is 7.32. The maximum absolute atomic E-state index is 10.1. The zero-order valence-electron chi connectivity index (χ0n) is 12.8. The molecule has 0 amide bonds. The van der Waals surface area contributed by atoms with E-state index in [0.717, 1.165) is 0 Å². The Bertz CT molecular complexity index is 380. The summed E-state index contributed by atoms with van der Waals surface area (Å²) in [7, 11) is 1.28. The first-order valence-electron chi connectivity index (χ1n) is 7.32. The smallest absolute Gasteiger partial charge is 0.187 e. The maximum atomic E-state index is 10.1. The van der Waals surface area contributed by atoms with Crippen molar-refractivity contribution in [2.24, 2.45) is 0 Å². The molecule has 136 valence electrons. The Hall–Kier alpha value is -0.400. The topological polar surface area (TPSA) is 158 Å². The van der Waals surface area contributed by atoms with E-state index in [4.69, 9.17) is 24.1 Å². The molecule has 0 aliphatic carbocycles. The third-order valence-corrected chi connectivity index (χ3v) is 4.16. The lowest BCUT2D eigenvalue weighted by atomic mass is 9.97. The molecule has 2 aliphatic heterocycles. The highest BCUT2D eigenvalue weighted by atomic mass is 16.8. The van der Waals surface area contributed by atoms with Gasteiger partial charge in [0.05, 0.1) is 12.7 Å². The first kappa shape index (κ1) is 18.9. The van der Waals surface area contributed by atoms with E-state index in [9.17, 15) is 25.5 Å². The molecule has 0 aromatic rings. The van der Waals surface area contributed by atoms with Gasteiger partial charge in [0.2, 0.25) is 0 Å². The van der Waals surface area contributed by atoms with Crippen LogP contribution < -0.4 is 0 Å². The molecule has 2 aliphatic rings. The average Bonchev–Trinajstić information content (AvgIpc) is 2.54. The van der Waals surface area contributed by atoms with Gasteiger partial charge in [0.1, 0.15) is 42.7 Å². The standard InChI is InChI=1S/C13H24O10/c1-4-6(15)8(17)10(19)12(21-4)23-11-9(18)7(16)5(3-14)22-13(11)20-2/h4-19H,3H2,1-2H3/t4-,5+,6+,7-,8+,9-,10-,11+,12-,13+/m0/s1. The number of hydrogen-bond donors (Lipinski definition) is 6. The lowest BCUT2D eigenvalue weighted by molar-refractivity contribution is -0.361. The number of hydrogen-bond acceptors (Lipinski definition) is 10. The second-order valence-electron chi connectivity index (χ2n) is 5.72. The number of ether oxygens (including phenoxy) is 4. The molecule has 2 fully saturated rings. The van der Waals surface area contributed by atoms with Crippen LogP contribution in [0, 0.1) is 0 Å². The van der Waals surface area contributed by atoms with E-state index in [1.807, 2.05) is 0 Å². The number of aliphatic hydroxyl groups excluding tert-OH is 6. The van der Waals surface area contributed by atoms with E-state index >= 15 is 0 Å². The van der Waals surface area contributed by atoms with Crippen LogP contribution in [0.2, 0.25) is 0 Å². The van der Waals surface area contributed by atoms with Gasteiger partial charge in [-0.15, -0.1) is 0 Å². The second-order valence-corrected chi connectivity index (χ2v) is 5.72. The summed E-state index contributed by atoms with van der Waals surface area (Å²) in [6.45, 7) is 0.948. The van der Waals surface area contributed by atoms with Crippen LogP contribution in [0.4, 0.5) is 0 Å². The molecular weight excluding hydrogens is 316 g/mol. The minimum absolute atomic E-state index is 0.532. The summed E-state index contributed by atoms with van der Waals surface area (Å²) in [4.78, 5) is 0. The van der Waals surface area contributed by atoms with Gasteiger partial charge in [-0.1, -0.05) is 0 Å². The molecular formula is C13H24O10. The predicted molar refractivity (Wildman–Crippen MR) is 72.0 cm³/mol. The van der Waals surface area contributed by atoms with Gasteiger partial charge >= 0.3 is 0 Å². The molecule has 10 nitrogen and oxygen atoms in total. The maximum Gasteiger partial charge on any atom is 0.187 e. The van der Waals surface area contributed by atoms with Crippen LogP contribution in [0.3, 0.4) is 0 Å². The third kappa shape index (κ3) is 3.66. The van der Waals surface area contributed by atoms with Crippen molar-refractivity contribution in [3.63, 3.8) is 0 Å². The van der Waals surface area contributed by atoms with E-state index in [1.165, 1.54) is 14.0 Å². The highest BCUT2D eigenvalue weighted by Crippen LogP contribution is 2.29. The molecule has 2 rings (SSSR count). The molecule has 0 aromatic carbocycles. The summed E-state index contributed by atoms with van der Waals surface area (Å²) in [6, 6.07) is 0. The van der Waals surface area contributed by atoms with Crippen LogP contribution in [0.25, 0.3) is 0 Å². The second kappa shape index (κ2) is 7.66. The Labute approximate surface area is 132 Å². The highest BCUT2D eigenvalue weighted by molar-refractivity contribution is 4.92. The van der Waals surface area contributed by atoms with Crippen molar-refractivity contribution in [1.82, 2.24) is 0 Å². The van der Waals surface area contributed by atoms with Gasteiger partial charge < -0.3 is 49.6 Å². The summed E-state index contributed by atoms with van der Waals surface area (Å²) >= 11 is 0. The number of aliphatic hydroxyl groups is 6. The Morgan fingerprint density at radius 3 is 2.04 bits per heavy atom. The van der Waals surface area contributed by atoms with E-state index in [-0.39, 0.29) is 0 Å². The highest BCUT2D eigenvalue weighted by Gasteiger charge is 2.49.